The zero-order valence-corrected chi connectivity index (χ0v) is 26.8. The molecule has 0 heterocycles. The molecule has 2 aromatic carbocycles. The Kier molecular flexibility index (Phi) is 27.7. The molecule has 0 saturated heterocycles. The summed E-state index contributed by atoms with van der Waals surface area (Å²) in [4.78, 5) is 7.53. The fourth-order valence-corrected chi connectivity index (χ4v) is 5.28. The predicted molar refractivity (Wildman–Crippen MR) is 139 cm³/mol. The SMILES string of the molecule is F.F.N=C(N)S(=O)(=O)O.O=S([O-])[O-].[CH3][Sn][c]1cccc(CN)c1.[CH3][Sn][c]1cccc(C[NH+]=C(N)N)c1. The van der Waals surface area contributed by atoms with Gasteiger partial charge in [0.1, 0.15) is 0 Å². The van der Waals surface area contributed by atoms with E-state index in [2.05, 4.69) is 69.1 Å². The Hall–Kier alpha value is -1.42. The van der Waals surface area contributed by atoms with E-state index in [1.807, 2.05) is 0 Å². The summed E-state index contributed by atoms with van der Waals surface area (Å²) in [5.74, 6) is 0.280. The molecule has 0 unspecified atom stereocenters. The summed E-state index contributed by atoms with van der Waals surface area (Å²) in [7, 11) is -4.38. The van der Waals surface area contributed by atoms with Gasteiger partial charge in [0, 0.05) is 0 Å². The second kappa shape index (κ2) is 23.9. The molecule has 0 aromatic heterocycles. The van der Waals surface area contributed by atoms with Gasteiger partial charge in [0.05, 0.1) is 0 Å². The summed E-state index contributed by atoms with van der Waals surface area (Å²) in [5.41, 5.74) is 22.9. The molecule has 2 rings (SSSR count). The molecule has 4 radical (unpaired) electrons. The van der Waals surface area contributed by atoms with Crippen molar-refractivity contribution in [3.63, 3.8) is 0 Å². The average molecular weight is 767 g/mol. The third-order valence-electron chi connectivity index (χ3n) is 3.44. The molecule has 0 aliphatic rings. The van der Waals surface area contributed by atoms with Gasteiger partial charge in [-0.3, -0.25) is 23.6 Å². The standard InChI is InChI=1S/C8H10N3.C7H8N.CH4N2O3S.2CH3.2FH.H2O3S.2Sn/c9-8(10)11-6-7-4-2-1-3-5-7;8-6-7-4-2-1-3-5-7;2-1(3)7(4,5)6;;;;;1-4(2)3;;/h1-2,4-5H,6H2,(H4,9,10,11);1-2,4-5H,6,8H2;(H3,2,3)(H,4,5,6);2*1H3;2*1H;(H2,1,2,3);;/p-1. The number of guanidine groups is 1. The molecule has 0 bridgehead atoms. The molecule has 0 amide bonds. The summed E-state index contributed by atoms with van der Waals surface area (Å²) < 4.78 is 55.2. The van der Waals surface area contributed by atoms with Crippen LogP contribution in [0.3, 0.4) is 0 Å². The van der Waals surface area contributed by atoms with Crippen LogP contribution in [0, 0.1) is 5.41 Å². The van der Waals surface area contributed by atoms with E-state index in [1.54, 1.807) is 0 Å². The van der Waals surface area contributed by atoms with E-state index in [1.165, 1.54) is 18.3 Å². The van der Waals surface area contributed by atoms with Crippen LogP contribution in [-0.4, -0.2) is 79.7 Å². The number of amidine groups is 1. The first-order valence-electron chi connectivity index (χ1n) is 9.20. The van der Waals surface area contributed by atoms with Crippen molar-refractivity contribution in [3.05, 3.63) is 59.7 Å². The summed E-state index contributed by atoms with van der Waals surface area (Å²) in [5, 5.41) is 4.86. The zero-order chi connectivity index (χ0) is 26.7. The van der Waals surface area contributed by atoms with E-state index in [0.29, 0.717) is 6.54 Å². The molecule has 0 atom stereocenters. The molecule has 0 aliphatic carbocycles. The van der Waals surface area contributed by atoms with Crippen LogP contribution in [0.1, 0.15) is 11.1 Å². The van der Waals surface area contributed by atoms with E-state index in [4.69, 9.17) is 40.5 Å². The Balaban J connectivity index is -0.000000200. The van der Waals surface area contributed by atoms with Gasteiger partial charge in [0.2, 0.25) is 5.17 Å². The van der Waals surface area contributed by atoms with Crippen molar-refractivity contribution in [1.82, 2.24) is 0 Å². The first-order chi connectivity index (χ1) is 15.8. The minimum atomic E-state index is -4.38. The van der Waals surface area contributed by atoms with Gasteiger partial charge >= 0.3 is 170 Å². The van der Waals surface area contributed by atoms with Crippen LogP contribution in [0.25, 0.3) is 0 Å². The molecular weight excluding hydrogens is 736 g/mol. The third-order valence-corrected chi connectivity index (χ3v) is 9.07. The topological polar surface area (TPSA) is 259 Å². The van der Waals surface area contributed by atoms with Crippen LogP contribution in [0.2, 0.25) is 9.88 Å². The number of benzene rings is 2. The summed E-state index contributed by atoms with van der Waals surface area (Å²) in [6.07, 6.45) is 0. The van der Waals surface area contributed by atoms with Crippen molar-refractivity contribution in [3.8, 4) is 0 Å². The molecule has 0 spiro atoms. The van der Waals surface area contributed by atoms with Crippen molar-refractivity contribution in [2.75, 3.05) is 0 Å². The van der Waals surface area contributed by atoms with E-state index in [0.717, 1.165) is 6.54 Å². The molecule has 0 aliphatic heterocycles. The molecular formula is C18H31F2N6O6S2Sn2-. The van der Waals surface area contributed by atoms with Crippen LogP contribution >= 0.6 is 0 Å². The maximum atomic E-state index is 9.54. The van der Waals surface area contributed by atoms with Crippen LogP contribution in [-0.2, 0) is 34.6 Å². The second-order valence-corrected chi connectivity index (χ2v) is 13.9. The van der Waals surface area contributed by atoms with Gasteiger partial charge in [-0.05, 0) is 0 Å². The monoisotopic (exact) mass is 769 g/mol. The van der Waals surface area contributed by atoms with Gasteiger partial charge in [0.15, 0.2) is 0 Å². The number of hydrogen-bond acceptors (Lipinski definition) is 7. The van der Waals surface area contributed by atoms with Crippen LogP contribution < -0.4 is 35.1 Å². The van der Waals surface area contributed by atoms with E-state index in [-0.39, 0.29) is 57.7 Å². The first-order valence-corrected chi connectivity index (χ1v) is 20.2. The summed E-state index contributed by atoms with van der Waals surface area (Å²) in [6, 6.07) is 17.2. The van der Waals surface area contributed by atoms with Crippen molar-refractivity contribution >= 4 is 82.0 Å². The number of nitrogens with two attached hydrogens (primary N) is 4. The molecule has 18 heteroatoms. The van der Waals surface area contributed by atoms with Crippen LogP contribution in [0.15, 0.2) is 48.5 Å². The average Bonchev–Trinajstić information content (AvgIpc) is 2.77. The summed E-state index contributed by atoms with van der Waals surface area (Å²) in [6.45, 7) is 1.39. The second-order valence-electron chi connectivity index (χ2n) is 5.96. The van der Waals surface area contributed by atoms with E-state index < -0.39 is 26.6 Å². The fraction of sp³-hybridized carbons (Fsp3) is 0.222. The summed E-state index contributed by atoms with van der Waals surface area (Å²) >= 11 is -3.66. The normalized spacial score (nSPS) is 9.31. The first kappa shape index (κ1) is 41.7. The van der Waals surface area contributed by atoms with Crippen LogP contribution in [0.5, 0.6) is 0 Å². The maximum absolute atomic E-state index is 9.54. The molecule has 12 nitrogen and oxygen atoms in total. The van der Waals surface area contributed by atoms with Gasteiger partial charge in [-0.1, -0.05) is 0 Å². The van der Waals surface area contributed by atoms with Crippen molar-refractivity contribution in [1.29, 1.82) is 5.41 Å². The number of hydrogen-bond donors (Lipinski definition) is 7. The fourth-order valence-electron chi connectivity index (χ4n) is 1.89. The minimum absolute atomic E-state index is 0. The van der Waals surface area contributed by atoms with E-state index >= 15 is 0 Å². The number of nitrogens with one attached hydrogen (secondary N) is 2. The Bertz CT molecular complexity index is 1020. The Labute approximate surface area is 232 Å². The van der Waals surface area contributed by atoms with E-state index in [9.17, 15) is 8.42 Å². The molecule has 0 fully saturated rings. The van der Waals surface area contributed by atoms with Gasteiger partial charge in [0.25, 0.3) is 0 Å². The van der Waals surface area contributed by atoms with Crippen LogP contribution in [0.4, 0.5) is 9.41 Å². The Morgan fingerprint density at radius 1 is 1.00 bits per heavy atom. The molecule has 0 saturated carbocycles. The van der Waals surface area contributed by atoms with Gasteiger partial charge in [-0.2, -0.15) is 8.42 Å². The van der Waals surface area contributed by atoms with Gasteiger partial charge in [-0.25, -0.2) is 0 Å². The van der Waals surface area contributed by atoms with Crippen molar-refractivity contribution in [2.24, 2.45) is 22.9 Å². The quantitative estimate of drug-likeness (QED) is 0.0520. The molecule has 11 N–H and O–H groups in total. The van der Waals surface area contributed by atoms with Crippen molar-refractivity contribution in [2.45, 2.75) is 23.0 Å². The number of rotatable bonds is 5. The van der Waals surface area contributed by atoms with Gasteiger partial charge in [-0.15, -0.1) is 11.4 Å². The molecule has 204 valence electrons. The van der Waals surface area contributed by atoms with Gasteiger partial charge < -0.3 is 14.8 Å². The zero-order valence-electron chi connectivity index (χ0n) is 19.5. The molecule has 36 heavy (non-hydrogen) atoms. The molecule has 2 aromatic rings. The number of halogens is 2. The Morgan fingerprint density at radius 2 is 1.36 bits per heavy atom. The Morgan fingerprint density at radius 3 is 1.67 bits per heavy atom. The van der Waals surface area contributed by atoms with Crippen molar-refractivity contribution < 1.29 is 40.7 Å². The third kappa shape index (κ3) is 25.7. The predicted octanol–water partition coefficient (Wildman–Crippen LogP) is -3.49.